The third-order valence-corrected chi connectivity index (χ3v) is 3.21. The maximum absolute atomic E-state index is 5.87. The Balaban J connectivity index is 1.98. The fourth-order valence-electron chi connectivity index (χ4n) is 1.79. The van der Waals surface area contributed by atoms with Crippen LogP contribution in [-0.2, 0) is 20.1 Å². The minimum absolute atomic E-state index is 0.769. The van der Waals surface area contributed by atoms with Crippen LogP contribution >= 0.6 is 11.6 Å². The molecule has 0 amide bonds. The van der Waals surface area contributed by atoms with Crippen molar-refractivity contribution in [3.05, 3.63) is 46.5 Å². The van der Waals surface area contributed by atoms with Crippen LogP contribution in [0.1, 0.15) is 17.2 Å². The van der Waals surface area contributed by atoms with Crippen LogP contribution in [0.4, 0.5) is 0 Å². The molecule has 0 atom stereocenters. The lowest BCUT2D eigenvalue weighted by molar-refractivity contribution is 0.306. The normalized spacial score (nSPS) is 11.2. The number of hydrogen-bond acceptors (Lipinski definition) is 3. The molecule has 1 aromatic carbocycles. The Bertz CT molecular complexity index is 518. The molecular weight excluding hydrogens is 248 g/mol. The summed E-state index contributed by atoms with van der Waals surface area (Å²) in [5.74, 6) is 1.91. The van der Waals surface area contributed by atoms with Gasteiger partial charge in [-0.25, -0.2) is 0 Å². The van der Waals surface area contributed by atoms with Crippen molar-refractivity contribution in [2.75, 3.05) is 7.05 Å². The zero-order chi connectivity index (χ0) is 13.1. The summed E-state index contributed by atoms with van der Waals surface area (Å²) < 4.78 is 2.01. The zero-order valence-electron chi connectivity index (χ0n) is 10.9. The average molecular weight is 265 g/mol. The molecule has 0 aliphatic carbocycles. The van der Waals surface area contributed by atoms with Gasteiger partial charge in [0.15, 0.2) is 0 Å². The summed E-state index contributed by atoms with van der Waals surface area (Å²) in [6.07, 6.45) is 0. The lowest BCUT2D eigenvalue weighted by Crippen LogP contribution is -2.19. The minimum Gasteiger partial charge on any atom is -0.317 e. The Labute approximate surface area is 112 Å². The lowest BCUT2D eigenvalue weighted by Gasteiger charge is -2.16. The maximum atomic E-state index is 5.87. The molecule has 96 valence electrons. The summed E-state index contributed by atoms with van der Waals surface area (Å²) in [7, 11) is 4.05. The van der Waals surface area contributed by atoms with E-state index in [0.717, 1.165) is 29.8 Å². The summed E-state index contributed by atoms with van der Waals surface area (Å²) in [6, 6.07) is 7.91. The predicted octanol–water partition coefficient (Wildman–Crippen LogP) is 2.41. The fourth-order valence-corrected chi connectivity index (χ4v) is 1.91. The summed E-state index contributed by atoms with van der Waals surface area (Å²) in [5.41, 5.74) is 1.24. The summed E-state index contributed by atoms with van der Waals surface area (Å²) in [5, 5.41) is 8.99. The van der Waals surface area contributed by atoms with Gasteiger partial charge in [-0.05, 0) is 31.7 Å². The van der Waals surface area contributed by atoms with Gasteiger partial charge in [-0.15, -0.1) is 10.2 Å². The Morgan fingerprint density at radius 1 is 1.17 bits per heavy atom. The Hall–Kier alpha value is -1.39. The Morgan fingerprint density at radius 3 is 2.39 bits per heavy atom. The number of nitrogens with zero attached hydrogens (tertiary/aromatic N) is 4. The van der Waals surface area contributed by atoms with Crippen molar-refractivity contribution < 1.29 is 0 Å². The van der Waals surface area contributed by atoms with Crippen molar-refractivity contribution >= 4 is 11.6 Å². The highest BCUT2D eigenvalue weighted by Crippen LogP contribution is 2.12. The second-order valence-corrected chi connectivity index (χ2v) is 4.96. The molecule has 4 nitrogen and oxygen atoms in total. The van der Waals surface area contributed by atoms with Gasteiger partial charge < -0.3 is 4.57 Å². The molecule has 0 saturated carbocycles. The SMILES string of the molecule is Cc1nnc(CN(C)Cc2ccc(Cl)cc2)n1C. The van der Waals surface area contributed by atoms with Gasteiger partial charge in [-0.1, -0.05) is 23.7 Å². The van der Waals surface area contributed by atoms with Crippen LogP contribution in [-0.4, -0.2) is 26.7 Å². The zero-order valence-corrected chi connectivity index (χ0v) is 11.6. The van der Waals surface area contributed by atoms with Gasteiger partial charge in [0.1, 0.15) is 11.6 Å². The molecule has 0 aliphatic heterocycles. The highest BCUT2D eigenvalue weighted by molar-refractivity contribution is 6.30. The van der Waals surface area contributed by atoms with Gasteiger partial charge in [0, 0.05) is 18.6 Å². The van der Waals surface area contributed by atoms with E-state index in [0.29, 0.717) is 0 Å². The van der Waals surface area contributed by atoms with Crippen LogP contribution in [0.3, 0.4) is 0 Å². The molecule has 0 saturated heterocycles. The highest BCUT2D eigenvalue weighted by Gasteiger charge is 2.08. The van der Waals surface area contributed by atoms with Crippen molar-refractivity contribution in [1.82, 2.24) is 19.7 Å². The molecule has 5 heteroatoms. The second-order valence-electron chi connectivity index (χ2n) is 4.52. The van der Waals surface area contributed by atoms with Crippen LogP contribution in [0, 0.1) is 6.92 Å². The number of benzene rings is 1. The predicted molar refractivity (Wildman–Crippen MR) is 72.4 cm³/mol. The van der Waals surface area contributed by atoms with Crippen molar-refractivity contribution in [3.63, 3.8) is 0 Å². The van der Waals surface area contributed by atoms with E-state index in [9.17, 15) is 0 Å². The van der Waals surface area contributed by atoms with Gasteiger partial charge in [-0.2, -0.15) is 0 Å². The molecule has 18 heavy (non-hydrogen) atoms. The monoisotopic (exact) mass is 264 g/mol. The number of halogens is 1. The van der Waals surface area contributed by atoms with E-state index in [1.54, 1.807) is 0 Å². The molecule has 2 aromatic rings. The largest absolute Gasteiger partial charge is 0.317 e. The van der Waals surface area contributed by atoms with E-state index >= 15 is 0 Å². The van der Waals surface area contributed by atoms with Crippen LogP contribution in [0.15, 0.2) is 24.3 Å². The second kappa shape index (κ2) is 5.50. The van der Waals surface area contributed by atoms with Crippen LogP contribution in [0.5, 0.6) is 0 Å². The molecule has 0 radical (unpaired) electrons. The van der Waals surface area contributed by atoms with E-state index in [1.807, 2.05) is 42.8 Å². The van der Waals surface area contributed by atoms with Crippen LogP contribution < -0.4 is 0 Å². The molecule has 0 bridgehead atoms. The Morgan fingerprint density at radius 2 is 1.83 bits per heavy atom. The minimum atomic E-state index is 0.769. The van der Waals surface area contributed by atoms with Gasteiger partial charge in [0.25, 0.3) is 0 Å². The van der Waals surface area contributed by atoms with Crippen LogP contribution in [0.25, 0.3) is 0 Å². The highest BCUT2D eigenvalue weighted by atomic mass is 35.5. The van der Waals surface area contributed by atoms with E-state index in [2.05, 4.69) is 22.1 Å². The van der Waals surface area contributed by atoms with Gasteiger partial charge in [0.2, 0.25) is 0 Å². The van der Waals surface area contributed by atoms with E-state index in [4.69, 9.17) is 11.6 Å². The lowest BCUT2D eigenvalue weighted by atomic mass is 10.2. The van der Waals surface area contributed by atoms with Gasteiger partial charge in [-0.3, -0.25) is 4.90 Å². The van der Waals surface area contributed by atoms with Crippen LogP contribution in [0.2, 0.25) is 5.02 Å². The average Bonchev–Trinajstić information content (AvgIpc) is 2.64. The van der Waals surface area contributed by atoms with Crippen molar-refractivity contribution in [2.45, 2.75) is 20.0 Å². The number of aromatic nitrogens is 3. The van der Waals surface area contributed by atoms with E-state index in [-0.39, 0.29) is 0 Å². The topological polar surface area (TPSA) is 34.0 Å². The summed E-state index contributed by atoms with van der Waals surface area (Å²) in [6.45, 7) is 3.60. The molecule has 0 N–H and O–H groups in total. The van der Waals surface area contributed by atoms with Gasteiger partial charge in [0.05, 0.1) is 6.54 Å². The molecule has 1 heterocycles. The summed E-state index contributed by atoms with van der Waals surface area (Å²) >= 11 is 5.87. The first-order chi connectivity index (χ1) is 8.56. The van der Waals surface area contributed by atoms with Crippen molar-refractivity contribution in [2.24, 2.45) is 7.05 Å². The molecule has 0 spiro atoms. The number of hydrogen-bond donors (Lipinski definition) is 0. The molecule has 0 fully saturated rings. The standard InChI is InChI=1S/C13H17ClN4/c1-10-15-16-13(18(10)3)9-17(2)8-11-4-6-12(14)7-5-11/h4-7H,8-9H2,1-3H3. The first-order valence-corrected chi connectivity index (χ1v) is 6.22. The molecule has 2 rings (SSSR count). The van der Waals surface area contributed by atoms with E-state index < -0.39 is 0 Å². The fraction of sp³-hybridized carbons (Fsp3) is 0.385. The number of aryl methyl sites for hydroxylation is 1. The Kier molecular flexibility index (Phi) is 3.99. The van der Waals surface area contributed by atoms with Crippen molar-refractivity contribution in [3.8, 4) is 0 Å². The third kappa shape index (κ3) is 3.09. The summed E-state index contributed by atoms with van der Waals surface area (Å²) in [4.78, 5) is 2.20. The van der Waals surface area contributed by atoms with Gasteiger partial charge >= 0.3 is 0 Å². The molecular formula is C13H17ClN4. The maximum Gasteiger partial charge on any atom is 0.146 e. The molecule has 0 aliphatic rings. The van der Waals surface area contributed by atoms with Crippen molar-refractivity contribution in [1.29, 1.82) is 0 Å². The third-order valence-electron chi connectivity index (χ3n) is 2.96. The first-order valence-electron chi connectivity index (χ1n) is 5.84. The first kappa shape index (κ1) is 13.1. The molecule has 1 aromatic heterocycles. The number of rotatable bonds is 4. The quantitative estimate of drug-likeness (QED) is 0.850. The van der Waals surface area contributed by atoms with E-state index in [1.165, 1.54) is 5.56 Å². The molecule has 0 unspecified atom stereocenters. The smallest absolute Gasteiger partial charge is 0.146 e.